The Morgan fingerprint density at radius 3 is 2.10 bits per heavy atom. The third-order valence-corrected chi connectivity index (χ3v) is 0.662. The Kier molecular flexibility index (Phi) is 13.4. The van der Waals surface area contributed by atoms with Crippen molar-refractivity contribution in [1.82, 2.24) is 5.32 Å². The van der Waals surface area contributed by atoms with Gasteiger partial charge in [-0.3, -0.25) is 0 Å². The average Bonchev–Trinajstić information content (AvgIpc) is 1.92. The lowest BCUT2D eigenvalue weighted by Crippen LogP contribution is -2.14. The predicted octanol–water partition coefficient (Wildman–Crippen LogP) is 2.71. The predicted molar refractivity (Wildman–Crippen MR) is 49.0 cm³/mol. The minimum atomic E-state index is 0.520. The number of hydrogen-bond donors (Lipinski definition) is 1. The Morgan fingerprint density at radius 1 is 1.30 bits per heavy atom. The fourth-order valence-electron chi connectivity index (χ4n) is 0.316. The van der Waals surface area contributed by atoms with Gasteiger partial charge in [-0.25, -0.2) is 0 Å². The standard InChI is InChI=1S/C7H13N.C2H6/c1-4-5-6-8-7(2)3;1-2/h4-8H,1H2,2-3H3;1-2H3/b6-5-;. The SMILES string of the molecule is C=C/C=C\NC(C)C.CC. The summed E-state index contributed by atoms with van der Waals surface area (Å²) < 4.78 is 0. The van der Waals surface area contributed by atoms with Gasteiger partial charge in [-0.15, -0.1) is 0 Å². The topological polar surface area (TPSA) is 12.0 Å². The van der Waals surface area contributed by atoms with Crippen LogP contribution in [0.1, 0.15) is 27.7 Å². The van der Waals surface area contributed by atoms with Crippen LogP contribution in [0, 0.1) is 0 Å². The Balaban J connectivity index is 0. The smallest absolute Gasteiger partial charge is 0.0199 e. The van der Waals surface area contributed by atoms with E-state index in [1.165, 1.54) is 0 Å². The van der Waals surface area contributed by atoms with Crippen LogP contribution in [-0.2, 0) is 0 Å². The second-order valence-electron chi connectivity index (χ2n) is 1.92. The summed E-state index contributed by atoms with van der Waals surface area (Å²) in [6, 6.07) is 0.520. The fraction of sp³-hybridized carbons (Fsp3) is 0.556. The van der Waals surface area contributed by atoms with E-state index in [1.807, 2.05) is 26.1 Å². The molecule has 0 amide bonds. The summed E-state index contributed by atoms with van der Waals surface area (Å²) in [6.45, 7) is 11.7. The van der Waals surface area contributed by atoms with Crippen molar-refractivity contribution >= 4 is 0 Å². The lowest BCUT2D eigenvalue weighted by molar-refractivity contribution is 0.703. The van der Waals surface area contributed by atoms with Crippen LogP contribution in [0.4, 0.5) is 0 Å². The molecule has 0 spiro atoms. The fourth-order valence-corrected chi connectivity index (χ4v) is 0.316. The summed E-state index contributed by atoms with van der Waals surface area (Å²) in [5.41, 5.74) is 0. The van der Waals surface area contributed by atoms with Gasteiger partial charge in [0.2, 0.25) is 0 Å². The molecule has 60 valence electrons. The monoisotopic (exact) mass is 141 g/mol. The molecule has 1 N–H and O–H groups in total. The first-order valence-electron chi connectivity index (χ1n) is 3.81. The molecule has 0 rings (SSSR count). The van der Waals surface area contributed by atoms with Gasteiger partial charge < -0.3 is 5.32 Å². The van der Waals surface area contributed by atoms with E-state index >= 15 is 0 Å². The maximum absolute atomic E-state index is 3.53. The van der Waals surface area contributed by atoms with Crippen molar-refractivity contribution in [3.8, 4) is 0 Å². The molecule has 0 bridgehead atoms. The maximum atomic E-state index is 3.53. The number of hydrogen-bond acceptors (Lipinski definition) is 1. The van der Waals surface area contributed by atoms with Crippen molar-refractivity contribution in [2.75, 3.05) is 0 Å². The quantitative estimate of drug-likeness (QED) is 0.596. The minimum absolute atomic E-state index is 0.520. The van der Waals surface area contributed by atoms with Crippen molar-refractivity contribution < 1.29 is 0 Å². The summed E-state index contributed by atoms with van der Waals surface area (Å²) in [7, 11) is 0. The summed E-state index contributed by atoms with van der Waals surface area (Å²) in [6.07, 6.45) is 5.51. The summed E-state index contributed by atoms with van der Waals surface area (Å²) in [5.74, 6) is 0. The highest BCUT2D eigenvalue weighted by molar-refractivity contribution is 4.95. The van der Waals surface area contributed by atoms with Gasteiger partial charge in [-0.2, -0.15) is 0 Å². The average molecular weight is 141 g/mol. The van der Waals surface area contributed by atoms with Gasteiger partial charge in [0.15, 0.2) is 0 Å². The molecule has 0 radical (unpaired) electrons. The van der Waals surface area contributed by atoms with E-state index in [0.717, 1.165) is 0 Å². The number of rotatable bonds is 3. The Bertz CT molecular complexity index is 82.7. The molecule has 0 heterocycles. The molecule has 0 unspecified atom stereocenters. The largest absolute Gasteiger partial charge is 0.389 e. The summed E-state index contributed by atoms with van der Waals surface area (Å²) in [4.78, 5) is 0. The van der Waals surface area contributed by atoms with Crippen molar-refractivity contribution in [1.29, 1.82) is 0 Å². The normalized spacial score (nSPS) is 8.90. The van der Waals surface area contributed by atoms with E-state index in [-0.39, 0.29) is 0 Å². The molecular weight excluding hydrogens is 122 g/mol. The van der Waals surface area contributed by atoms with Crippen LogP contribution < -0.4 is 5.32 Å². The number of nitrogens with one attached hydrogen (secondary N) is 1. The van der Waals surface area contributed by atoms with Crippen LogP contribution in [0.15, 0.2) is 24.9 Å². The molecule has 1 nitrogen and oxygen atoms in total. The van der Waals surface area contributed by atoms with Gasteiger partial charge >= 0.3 is 0 Å². The van der Waals surface area contributed by atoms with Crippen LogP contribution in [0.5, 0.6) is 0 Å². The van der Waals surface area contributed by atoms with Crippen LogP contribution in [0.3, 0.4) is 0 Å². The molecular formula is C9H19N. The molecule has 0 aliphatic rings. The molecule has 0 aromatic heterocycles. The van der Waals surface area contributed by atoms with Crippen LogP contribution in [0.2, 0.25) is 0 Å². The molecule has 0 aromatic rings. The van der Waals surface area contributed by atoms with E-state index in [0.29, 0.717) is 6.04 Å². The Labute approximate surface area is 64.8 Å². The second kappa shape index (κ2) is 11.1. The van der Waals surface area contributed by atoms with E-state index < -0.39 is 0 Å². The molecule has 0 aliphatic heterocycles. The van der Waals surface area contributed by atoms with Crippen molar-refractivity contribution in [2.24, 2.45) is 0 Å². The Morgan fingerprint density at radius 2 is 1.80 bits per heavy atom. The van der Waals surface area contributed by atoms with E-state index in [1.54, 1.807) is 6.08 Å². The highest BCUT2D eigenvalue weighted by atomic mass is 14.9. The van der Waals surface area contributed by atoms with Gasteiger partial charge in [0.1, 0.15) is 0 Å². The molecule has 0 saturated heterocycles. The van der Waals surface area contributed by atoms with Crippen LogP contribution in [0.25, 0.3) is 0 Å². The lowest BCUT2D eigenvalue weighted by Gasteiger charge is -2.00. The summed E-state index contributed by atoms with van der Waals surface area (Å²) >= 11 is 0. The molecule has 0 fully saturated rings. The first-order chi connectivity index (χ1) is 4.77. The van der Waals surface area contributed by atoms with Gasteiger partial charge in [0.05, 0.1) is 0 Å². The van der Waals surface area contributed by atoms with E-state index in [2.05, 4.69) is 25.7 Å². The molecule has 0 aliphatic carbocycles. The van der Waals surface area contributed by atoms with Crippen LogP contribution >= 0.6 is 0 Å². The molecule has 10 heavy (non-hydrogen) atoms. The first kappa shape index (κ1) is 12.0. The third kappa shape index (κ3) is 15.7. The molecule has 0 atom stereocenters. The number of allylic oxidation sites excluding steroid dienone is 2. The second-order valence-corrected chi connectivity index (χ2v) is 1.92. The van der Waals surface area contributed by atoms with E-state index in [9.17, 15) is 0 Å². The van der Waals surface area contributed by atoms with Gasteiger partial charge in [0.25, 0.3) is 0 Å². The molecule has 1 heteroatoms. The minimum Gasteiger partial charge on any atom is -0.389 e. The van der Waals surface area contributed by atoms with Crippen molar-refractivity contribution in [3.05, 3.63) is 24.9 Å². The van der Waals surface area contributed by atoms with Crippen LogP contribution in [-0.4, -0.2) is 6.04 Å². The highest BCUT2D eigenvalue weighted by Gasteiger charge is 1.80. The van der Waals surface area contributed by atoms with Gasteiger partial charge in [-0.1, -0.05) is 26.5 Å². The highest BCUT2D eigenvalue weighted by Crippen LogP contribution is 1.75. The lowest BCUT2D eigenvalue weighted by atomic mass is 10.4. The zero-order valence-corrected chi connectivity index (χ0v) is 7.52. The zero-order valence-electron chi connectivity index (χ0n) is 7.52. The van der Waals surface area contributed by atoms with Gasteiger partial charge in [0, 0.05) is 6.04 Å². The molecule has 0 saturated carbocycles. The van der Waals surface area contributed by atoms with Crippen molar-refractivity contribution in [2.45, 2.75) is 33.7 Å². The molecule has 0 aromatic carbocycles. The first-order valence-corrected chi connectivity index (χ1v) is 3.81. The van der Waals surface area contributed by atoms with Crippen molar-refractivity contribution in [3.63, 3.8) is 0 Å². The maximum Gasteiger partial charge on any atom is 0.0199 e. The summed E-state index contributed by atoms with van der Waals surface area (Å²) in [5, 5.41) is 3.09. The van der Waals surface area contributed by atoms with E-state index in [4.69, 9.17) is 0 Å². The van der Waals surface area contributed by atoms with Gasteiger partial charge in [-0.05, 0) is 26.1 Å². The Hall–Kier alpha value is -0.720. The third-order valence-electron chi connectivity index (χ3n) is 0.662. The zero-order chi connectivity index (χ0) is 8.41.